The average molecular weight is 573 g/mol. The van der Waals surface area contributed by atoms with Gasteiger partial charge in [0.1, 0.15) is 12.5 Å². The number of carbonyl (C=O) groups is 1. The fourth-order valence-corrected chi connectivity index (χ4v) is 5.59. The molecule has 1 aliphatic rings. The number of benzene rings is 1. The molecule has 3 aromatic heterocycles. The molecule has 0 saturated carbocycles. The van der Waals surface area contributed by atoms with Crippen LogP contribution >= 0.6 is 0 Å². The molecule has 0 atom stereocenters. The van der Waals surface area contributed by atoms with Crippen molar-refractivity contribution < 1.29 is 14.3 Å². The number of pyridine rings is 2. The molecule has 0 radical (unpaired) electrons. The van der Waals surface area contributed by atoms with Crippen molar-refractivity contribution in [3.8, 4) is 22.9 Å². The van der Waals surface area contributed by atoms with Crippen molar-refractivity contribution in [2.45, 2.75) is 45.8 Å². The first-order valence-electron chi connectivity index (χ1n) is 14.3. The highest BCUT2D eigenvalue weighted by atomic mass is 28.3. The largest absolute Gasteiger partial charge is 0.439 e. The highest BCUT2D eigenvalue weighted by Crippen LogP contribution is 2.26. The van der Waals surface area contributed by atoms with Gasteiger partial charge < -0.3 is 14.4 Å². The van der Waals surface area contributed by atoms with Gasteiger partial charge in [-0.2, -0.15) is 5.10 Å². The van der Waals surface area contributed by atoms with Gasteiger partial charge in [-0.25, -0.2) is 9.67 Å². The van der Waals surface area contributed by atoms with Crippen LogP contribution in [0, 0.1) is 0 Å². The van der Waals surface area contributed by atoms with Crippen molar-refractivity contribution in [3.05, 3.63) is 66.6 Å². The zero-order valence-electron chi connectivity index (χ0n) is 24.5. The summed E-state index contributed by atoms with van der Waals surface area (Å²) in [6, 6.07) is 17.1. The Hall–Kier alpha value is -3.60. The normalized spacial score (nSPS) is 14.5. The second kappa shape index (κ2) is 12.9. The number of hydrogen-bond donors (Lipinski definition) is 0. The Morgan fingerprint density at radius 2 is 1.83 bits per heavy atom. The third-order valence-electron chi connectivity index (χ3n) is 7.40. The second-order valence-corrected chi connectivity index (χ2v) is 17.4. The van der Waals surface area contributed by atoms with E-state index in [-0.39, 0.29) is 5.91 Å². The molecule has 10 heteroatoms. The molecule has 5 rings (SSSR count). The maximum Gasteiger partial charge on any atom is 0.219 e. The molecule has 4 aromatic rings. The minimum atomic E-state index is -1.12. The topological polar surface area (TPSA) is 85.6 Å². The molecule has 0 N–H and O–H groups in total. The Morgan fingerprint density at radius 3 is 2.56 bits per heavy atom. The Bertz CT molecular complexity index is 1460. The molecule has 1 saturated heterocycles. The number of hydrogen-bond acceptors (Lipinski definition) is 7. The zero-order valence-corrected chi connectivity index (χ0v) is 25.5. The molecule has 9 nitrogen and oxygen atoms in total. The van der Waals surface area contributed by atoms with E-state index in [0.717, 1.165) is 85.4 Å². The number of nitrogens with zero attached hydrogens (tertiary/aromatic N) is 6. The maximum atomic E-state index is 11.5. The molecule has 1 aliphatic heterocycles. The third-order valence-corrected chi connectivity index (χ3v) is 9.11. The standard InChI is InChI=1S/C31H40N6O3Si/c1-24(38)36-17-15-35(16-18-36)14-12-27-7-5-25-21-28(8-9-29(25)34-27)40-31-10-6-26(22-32-31)30-11-13-33-37(30)23-39-19-20-41(2,3)4/h5-11,13,21-22H,12,14-20,23H2,1-4H3. The summed E-state index contributed by atoms with van der Waals surface area (Å²) in [4.78, 5) is 25.3. The molecular formula is C31H40N6O3Si. The van der Waals surface area contributed by atoms with E-state index in [9.17, 15) is 4.79 Å². The molecule has 1 fully saturated rings. The first kappa shape index (κ1) is 28.9. The van der Waals surface area contributed by atoms with Crippen LogP contribution in [-0.4, -0.2) is 82.9 Å². The van der Waals surface area contributed by atoms with Crippen molar-refractivity contribution in [2.75, 3.05) is 39.3 Å². The molecule has 1 aromatic carbocycles. The average Bonchev–Trinajstić information content (AvgIpc) is 3.43. The molecular weight excluding hydrogens is 532 g/mol. The first-order chi connectivity index (χ1) is 19.7. The molecule has 0 aliphatic carbocycles. The van der Waals surface area contributed by atoms with Crippen LogP contribution in [-0.2, 0) is 22.7 Å². The molecule has 41 heavy (non-hydrogen) atoms. The lowest BCUT2D eigenvalue weighted by atomic mass is 10.1. The Kier molecular flexibility index (Phi) is 9.11. The molecule has 4 heterocycles. The molecule has 0 spiro atoms. The lowest BCUT2D eigenvalue weighted by Gasteiger charge is -2.34. The van der Waals surface area contributed by atoms with Gasteiger partial charge in [0.2, 0.25) is 11.8 Å². The summed E-state index contributed by atoms with van der Waals surface area (Å²) >= 11 is 0. The lowest BCUT2D eigenvalue weighted by Crippen LogP contribution is -2.48. The summed E-state index contributed by atoms with van der Waals surface area (Å²) in [7, 11) is -1.12. The van der Waals surface area contributed by atoms with E-state index in [1.807, 2.05) is 46.0 Å². The molecule has 0 unspecified atom stereocenters. The van der Waals surface area contributed by atoms with Crippen molar-refractivity contribution in [1.29, 1.82) is 0 Å². The van der Waals surface area contributed by atoms with Crippen molar-refractivity contribution in [3.63, 3.8) is 0 Å². The second-order valence-electron chi connectivity index (χ2n) is 11.8. The summed E-state index contributed by atoms with van der Waals surface area (Å²) in [5, 5.41) is 5.44. The van der Waals surface area contributed by atoms with Gasteiger partial charge in [0.15, 0.2) is 0 Å². The number of aromatic nitrogens is 4. The molecule has 0 bridgehead atoms. The van der Waals surface area contributed by atoms with Crippen molar-refractivity contribution in [1.82, 2.24) is 29.5 Å². The Balaban J connectivity index is 1.15. The van der Waals surface area contributed by atoms with Gasteiger partial charge in [0, 0.05) is 95.9 Å². The predicted octanol–water partition coefficient (Wildman–Crippen LogP) is 5.30. The fourth-order valence-electron chi connectivity index (χ4n) is 4.83. The van der Waals surface area contributed by atoms with E-state index in [1.165, 1.54) is 0 Å². The summed E-state index contributed by atoms with van der Waals surface area (Å²) < 4.78 is 13.8. The Morgan fingerprint density at radius 1 is 1.00 bits per heavy atom. The van der Waals surface area contributed by atoms with E-state index in [4.69, 9.17) is 14.5 Å². The monoisotopic (exact) mass is 572 g/mol. The van der Waals surface area contributed by atoms with Crippen LogP contribution in [0.25, 0.3) is 22.2 Å². The minimum absolute atomic E-state index is 0.162. The zero-order chi connectivity index (χ0) is 28.8. The number of rotatable bonds is 11. The fraction of sp³-hybridized carbons (Fsp3) is 0.419. The predicted molar refractivity (Wildman–Crippen MR) is 164 cm³/mol. The lowest BCUT2D eigenvalue weighted by molar-refractivity contribution is -0.130. The summed E-state index contributed by atoms with van der Waals surface area (Å²) in [5.74, 6) is 1.41. The maximum absolute atomic E-state index is 11.5. The van der Waals surface area contributed by atoms with Gasteiger partial charge in [-0.05, 0) is 42.4 Å². The van der Waals surface area contributed by atoms with Crippen molar-refractivity contribution in [2.24, 2.45) is 0 Å². The minimum Gasteiger partial charge on any atom is -0.439 e. The van der Waals surface area contributed by atoms with Gasteiger partial charge in [0.05, 0.1) is 11.2 Å². The first-order valence-corrected chi connectivity index (χ1v) is 18.1. The van der Waals surface area contributed by atoms with Gasteiger partial charge in [-0.15, -0.1) is 0 Å². The summed E-state index contributed by atoms with van der Waals surface area (Å²) in [6.07, 6.45) is 4.47. The van der Waals surface area contributed by atoms with Crippen LogP contribution in [0.2, 0.25) is 25.7 Å². The molecule has 216 valence electrons. The van der Waals surface area contributed by atoms with Crippen LogP contribution < -0.4 is 4.74 Å². The van der Waals surface area contributed by atoms with Crippen LogP contribution in [0.4, 0.5) is 0 Å². The van der Waals surface area contributed by atoms with E-state index < -0.39 is 8.07 Å². The smallest absolute Gasteiger partial charge is 0.219 e. The van der Waals surface area contributed by atoms with Crippen molar-refractivity contribution >= 4 is 24.9 Å². The van der Waals surface area contributed by atoms with Crippen LogP contribution in [0.3, 0.4) is 0 Å². The van der Waals surface area contributed by atoms with Gasteiger partial charge in [0.25, 0.3) is 0 Å². The molecule has 1 amide bonds. The third kappa shape index (κ3) is 7.99. The summed E-state index contributed by atoms with van der Waals surface area (Å²) in [6.45, 7) is 14.3. The van der Waals surface area contributed by atoms with Crippen LogP contribution in [0.1, 0.15) is 12.6 Å². The van der Waals surface area contributed by atoms with E-state index in [2.05, 4.69) is 46.8 Å². The number of carbonyl (C=O) groups excluding carboxylic acids is 1. The highest BCUT2D eigenvalue weighted by molar-refractivity contribution is 6.76. The van der Waals surface area contributed by atoms with Gasteiger partial charge in [-0.3, -0.25) is 14.7 Å². The van der Waals surface area contributed by atoms with Gasteiger partial charge >= 0.3 is 0 Å². The van der Waals surface area contributed by atoms with Crippen LogP contribution in [0.5, 0.6) is 11.6 Å². The number of amides is 1. The van der Waals surface area contributed by atoms with Crippen LogP contribution in [0.15, 0.2) is 60.9 Å². The number of fused-ring (bicyclic) bond motifs is 1. The number of ether oxygens (including phenoxy) is 2. The summed E-state index contributed by atoms with van der Waals surface area (Å²) in [5.41, 5.74) is 3.93. The number of piperazine rings is 1. The highest BCUT2D eigenvalue weighted by Gasteiger charge is 2.18. The van der Waals surface area contributed by atoms with Gasteiger partial charge in [-0.1, -0.05) is 25.7 Å². The van der Waals surface area contributed by atoms with E-state index in [1.54, 1.807) is 19.3 Å². The van der Waals surface area contributed by atoms with E-state index >= 15 is 0 Å². The quantitative estimate of drug-likeness (QED) is 0.178. The van der Waals surface area contributed by atoms with E-state index in [0.29, 0.717) is 12.6 Å². The Labute approximate surface area is 243 Å². The SMILES string of the molecule is CC(=O)N1CCN(CCc2ccc3cc(Oc4ccc(-c5ccnn5COCC[Si](C)(C)C)cn4)ccc3n2)CC1.